The fourth-order valence-corrected chi connectivity index (χ4v) is 2.46. The minimum Gasteiger partial charge on any atom is -0.341 e. The van der Waals surface area contributed by atoms with Gasteiger partial charge in [0, 0.05) is 19.3 Å². The third kappa shape index (κ3) is 2.34. The van der Waals surface area contributed by atoms with Crippen LogP contribution in [0.4, 0.5) is 14.5 Å². The molecule has 7 heteroatoms. The molecule has 0 aliphatic carbocycles. The highest BCUT2D eigenvalue weighted by molar-refractivity contribution is 6.01. The lowest BCUT2D eigenvalue weighted by Gasteiger charge is -2.32. The summed E-state index contributed by atoms with van der Waals surface area (Å²) in [4.78, 5) is 25.8. The van der Waals surface area contributed by atoms with Crippen LogP contribution in [0.15, 0.2) is 36.5 Å². The molecule has 5 nitrogen and oxygen atoms in total. The third-order valence-corrected chi connectivity index (χ3v) is 3.70. The Morgan fingerprint density at radius 1 is 1.32 bits per heavy atom. The number of anilines is 1. The van der Waals surface area contributed by atoms with Crippen LogP contribution < -0.4 is 5.32 Å². The van der Waals surface area contributed by atoms with Crippen LogP contribution >= 0.6 is 0 Å². The van der Waals surface area contributed by atoms with Crippen molar-refractivity contribution in [3.05, 3.63) is 53.9 Å². The fraction of sp³-hybridized carbons (Fsp3) is 0.200. The van der Waals surface area contributed by atoms with Gasteiger partial charge in [0.2, 0.25) is 5.91 Å². The van der Waals surface area contributed by atoms with Gasteiger partial charge in [0.15, 0.2) is 0 Å². The van der Waals surface area contributed by atoms with Gasteiger partial charge in [-0.2, -0.15) is 0 Å². The van der Waals surface area contributed by atoms with Crippen molar-refractivity contribution >= 4 is 17.5 Å². The van der Waals surface area contributed by atoms with Crippen LogP contribution in [0.2, 0.25) is 0 Å². The van der Waals surface area contributed by atoms with E-state index in [0.29, 0.717) is 11.8 Å². The SMILES string of the molecule is CN1C(=O)c2cccn2CC1C(=O)Nc1ccc(F)cc1F. The molecule has 1 unspecified atom stereocenters. The van der Waals surface area contributed by atoms with E-state index in [-0.39, 0.29) is 18.1 Å². The summed E-state index contributed by atoms with van der Waals surface area (Å²) >= 11 is 0. The van der Waals surface area contributed by atoms with Crippen LogP contribution in [-0.2, 0) is 11.3 Å². The van der Waals surface area contributed by atoms with Gasteiger partial charge >= 0.3 is 0 Å². The number of nitrogens with one attached hydrogen (secondary N) is 1. The number of likely N-dealkylation sites (N-methyl/N-ethyl adjacent to an activating group) is 1. The number of hydrogen-bond donors (Lipinski definition) is 1. The molecule has 114 valence electrons. The van der Waals surface area contributed by atoms with E-state index in [1.54, 1.807) is 22.9 Å². The van der Waals surface area contributed by atoms with E-state index in [1.807, 2.05) is 0 Å². The smallest absolute Gasteiger partial charge is 0.270 e. The molecular formula is C15H13F2N3O2. The average Bonchev–Trinajstić information content (AvgIpc) is 2.94. The van der Waals surface area contributed by atoms with E-state index in [9.17, 15) is 18.4 Å². The first-order valence-electron chi connectivity index (χ1n) is 6.65. The maximum Gasteiger partial charge on any atom is 0.270 e. The van der Waals surface area contributed by atoms with Crippen molar-refractivity contribution in [2.75, 3.05) is 12.4 Å². The van der Waals surface area contributed by atoms with Gasteiger partial charge < -0.3 is 14.8 Å². The van der Waals surface area contributed by atoms with Crippen molar-refractivity contribution in [1.82, 2.24) is 9.47 Å². The molecule has 0 fully saturated rings. The van der Waals surface area contributed by atoms with Gasteiger partial charge in [-0.15, -0.1) is 0 Å². The summed E-state index contributed by atoms with van der Waals surface area (Å²) in [6.07, 6.45) is 1.71. The summed E-state index contributed by atoms with van der Waals surface area (Å²) in [5, 5.41) is 2.39. The van der Waals surface area contributed by atoms with Gasteiger partial charge in [0.25, 0.3) is 5.91 Å². The van der Waals surface area contributed by atoms with Gasteiger partial charge in [-0.3, -0.25) is 9.59 Å². The first kappa shape index (κ1) is 14.2. The Kier molecular flexibility index (Phi) is 3.40. The lowest BCUT2D eigenvalue weighted by atomic mass is 10.1. The van der Waals surface area contributed by atoms with Gasteiger partial charge in [0.05, 0.1) is 12.2 Å². The quantitative estimate of drug-likeness (QED) is 0.921. The minimum absolute atomic E-state index is 0.120. The van der Waals surface area contributed by atoms with E-state index in [1.165, 1.54) is 11.9 Å². The van der Waals surface area contributed by atoms with E-state index in [2.05, 4.69) is 5.32 Å². The molecule has 0 saturated heterocycles. The van der Waals surface area contributed by atoms with E-state index in [0.717, 1.165) is 12.1 Å². The van der Waals surface area contributed by atoms with Crippen LogP contribution in [0.25, 0.3) is 0 Å². The first-order chi connectivity index (χ1) is 10.5. The van der Waals surface area contributed by atoms with E-state index >= 15 is 0 Å². The Labute approximate surface area is 125 Å². The lowest BCUT2D eigenvalue weighted by Crippen LogP contribution is -2.51. The molecule has 0 spiro atoms. The lowest BCUT2D eigenvalue weighted by molar-refractivity contribution is -0.121. The Morgan fingerprint density at radius 3 is 2.82 bits per heavy atom. The average molecular weight is 305 g/mol. The monoisotopic (exact) mass is 305 g/mol. The van der Waals surface area contributed by atoms with Crippen molar-refractivity contribution in [2.45, 2.75) is 12.6 Å². The van der Waals surface area contributed by atoms with Gasteiger partial charge in [-0.25, -0.2) is 8.78 Å². The number of nitrogens with zero attached hydrogens (tertiary/aromatic N) is 2. The molecular weight excluding hydrogens is 292 g/mol. The summed E-state index contributed by atoms with van der Waals surface area (Å²) in [5.41, 5.74) is 0.380. The number of aromatic nitrogens is 1. The molecule has 1 aliphatic heterocycles. The number of amides is 2. The topological polar surface area (TPSA) is 54.3 Å². The van der Waals surface area contributed by atoms with Crippen LogP contribution in [-0.4, -0.2) is 34.4 Å². The summed E-state index contributed by atoms with van der Waals surface area (Å²) in [7, 11) is 1.52. The molecule has 0 bridgehead atoms. The van der Waals surface area contributed by atoms with Crippen LogP contribution in [0.1, 0.15) is 10.5 Å². The molecule has 22 heavy (non-hydrogen) atoms. The molecule has 2 aromatic rings. The molecule has 2 heterocycles. The molecule has 1 aromatic heterocycles. The third-order valence-electron chi connectivity index (χ3n) is 3.70. The normalized spacial score (nSPS) is 17.3. The second kappa shape index (κ2) is 5.25. The summed E-state index contributed by atoms with van der Waals surface area (Å²) < 4.78 is 28.1. The number of halogens is 2. The highest BCUT2D eigenvalue weighted by Crippen LogP contribution is 2.20. The largest absolute Gasteiger partial charge is 0.341 e. The Hall–Kier alpha value is -2.70. The van der Waals surface area contributed by atoms with Crippen LogP contribution in [0, 0.1) is 11.6 Å². The van der Waals surface area contributed by atoms with Gasteiger partial charge in [-0.05, 0) is 24.3 Å². The standard InChI is InChI=1S/C15H13F2N3O2/c1-19-13(8-20-6-2-3-12(20)15(19)22)14(21)18-11-5-4-9(16)7-10(11)17/h2-7,13H,8H2,1H3,(H,18,21). The second-order valence-electron chi connectivity index (χ2n) is 5.09. The van der Waals surface area contributed by atoms with Crippen molar-refractivity contribution in [1.29, 1.82) is 0 Å². The van der Waals surface area contributed by atoms with Crippen LogP contribution in [0.5, 0.6) is 0 Å². The molecule has 0 radical (unpaired) electrons. The number of fused-ring (bicyclic) bond motifs is 1. The zero-order chi connectivity index (χ0) is 15.9. The Morgan fingerprint density at radius 2 is 2.09 bits per heavy atom. The first-order valence-corrected chi connectivity index (χ1v) is 6.65. The Bertz CT molecular complexity index is 757. The van der Waals surface area contributed by atoms with Crippen molar-refractivity contribution in [2.24, 2.45) is 0 Å². The maximum atomic E-state index is 13.6. The molecule has 0 saturated carbocycles. The number of carbonyl (C=O) groups is 2. The molecule has 1 N–H and O–H groups in total. The summed E-state index contributed by atoms with van der Waals surface area (Å²) in [6, 6.07) is 5.52. The predicted octanol–water partition coefficient (Wildman–Crippen LogP) is 1.86. The minimum atomic E-state index is -0.861. The van der Waals surface area contributed by atoms with E-state index < -0.39 is 23.6 Å². The molecule has 1 aliphatic rings. The highest BCUT2D eigenvalue weighted by Gasteiger charge is 2.34. The molecule has 1 atom stereocenters. The number of benzene rings is 1. The van der Waals surface area contributed by atoms with Crippen LogP contribution in [0.3, 0.4) is 0 Å². The zero-order valence-electron chi connectivity index (χ0n) is 11.7. The van der Waals surface area contributed by atoms with Crippen molar-refractivity contribution < 1.29 is 18.4 Å². The van der Waals surface area contributed by atoms with Gasteiger partial charge in [-0.1, -0.05) is 0 Å². The van der Waals surface area contributed by atoms with Gasteiger partial charge in [0.1, 0.15) is 23.4 Å². The number of rotatable bonds is 2. The maximum absolute atomic E-state index is 13.6. The predicted molar refractivity (Wildman–Crippen MR) is 75.3 cm³/mol. The number of carbonyl (C=O) groups excluding carboxylic acids is 2. The fourth-order valence-electron chi connectivity index (χ4n) is 2.46. The molecule has 1 aromatic carbocycles. The summed E-state index contributed by atoms with van der Waals surface area (Å²) in [5.74, 6) is -2.39. The van der Waals surface area contributed by atoms with Crippen molar-refractivity contribution in [3.8, 4) is 0 Å². The summed E-state index contributed by atoms with van der Waals surface area (Å²) in [6.45, 7) is 0.277. The number of hydrogen-bond acceptors (Lipinski definition) is 2. The van der Waals surface area contributed by atoms with E-state index in [4.69, 9.17) is 0 Å². The zero-order valence-corrected chi connectivity index (χ0v) is 11.7. The second-order valence-corrected chi connectivity index (χ2v) is 5.09. The van der Waals surface area contributed by atoms with Crippen molar-refractivity contribution in [3.63, 3.8) is 0 Å². The molecule has 3 rings (SSSR count). The Balaban J connectivity index is 1.82. The highest BCUT2D eigenvalue weighted by atomic mass is 19.1. The molecule has 2 amide bonds.